The minimum atomic E-state index is -0.578. The lowest BCUT2D eigenvalue weighted by molar-refractivity contribution is 0.788. The highest BCUT2D eigenvalue weighted by Crippen LogP contribution is 2.21. The molecule has 1 atom stereocenters. The molecule has 1 aliphatic rings. The van der Waals surface area contributed by atoms with Crippen LogP contribution in [0.5, 0.6) is 0 Å². The monoisotopic (exact) mass is 362 g/mol. The number of guanidine groups is 1. The highest BCUT2D eigenvalue weighted by molar-refractivity contribution is 6.66. The van der Waals surface area contributed by atoms with E-state index in [-0.39, 0.29) is 5.29 Å². The van der Waals surface area contributed by atoms with Crippen LogP contribution in [0.4, 0.5) is 11.4 Å². The zero-order valence-corrected chi connectivity index (χ0v) is 15.1. The number of aryl methyl sites for hydroxylation is 2. The van der Waals surface area contributed by atoms with Gasteiger partial charge in [0.15, 0.2) is 0 Å². The predicted octanol–water partition coefficient (Wildman–Crippen LogP) is 2.33. The van der Waals surface area contributed by atoms with Gasteiger partial charge in [0.2, 0.25) is 17.5 Å². The Labute approximate surface area is 158 Å². The summed E-state index contributed by atoms with van der Waals surface area (Å²) in [6.07, 6.45) is -0.578. The van der Waals surface area contributed by atoms with Gasteiger partial charge in [0.1, 0.15) is 7.85 Å². The molecule has 2 aromatic rings. The van der Waals surface area contributed by atoms with E-state index in [4.69, 9.17) is 24.7 Å². The van der Waals surface area contributed by atoms with E-state index in [0.717, 1.165) is 22.5 Å². The van der Waals surface area contributed by atoms with Crippen LogP contribution in [0.1, 0.15) is 16.7 Å². The molecule has 1 aliphatic heterocycles. The molecular weight excluding hydrogens is 347 g/mol. The second-order valence-corrected chi connectivity index (χ2v) is 6.24. The number of nitriles is 1. The lowest BCUT2D eigenvalue weighted by Gasteiger charge is -2.22. The molecule has 6 nitrogen and oxygen atoms in total. The molecule has 0 spiro atoms. The van der Waals surface area contributed by atoms with Crippen molar-refractivity contribution < 1.29 is 0 Å². The fourth-order valence-electron chi connectivity index (χ4n) is 2.67. The second kappa shape index (κ2) is 7.50. The summed E-state index contributed by atoms with van der Waals surface area (Å²) in [5.41, 5.74) is 5.00. The van der Waals surface area contributed by atoms with Crippen molar-refractivity contribution in [2.24, 2.45) is 9.98 Å². The van der Waals surface area contributed by atoms with E-state index in [1.165, 1.54) is 0 Å². The molecule has 0 fully saturated rings. The van der Waals surface area contributed by atoms with Crippen molar-refractivity contribution in [2.45, 2.75) is 20.1 Å². The lowest BCUT2D eigenvalue weighted by atomic mass is 9.91. The van der Waals surface area contributed by atoms with Crippen LogP contribution in [0.15, 0.2) is 46.4 Å². The number of amidine groups is 1. The van der Waals surface area contributed by atoms with Crippen LogP contribution in [0, 0.1) is 25.2 Å². The number of halogens is 1. The van der Waals surface area contributed by atoms with Gasteiger partial charge in [-0.2, -0.15) is 5.26 Å². The van der Waals surface area contributed by atoms with Crippen molar-refractivity contribution in [3.8, 4) is 6.07 Å². The Kier molecular flexibility index (Phi) is 5.15. The Morgan fingerprint density at radius 2 is 1.81 bits per heavy atom. The van der Waals surface area contributed by atoms with Crippen LogP contribution >= 0.6 is 11.6 Å². The van der Waals surface area contributed by atoms with E-state index in [2.05, 4.69) is 32.0 Å². The predicted molar refractivity (Wildman–Crippen MR) is 107 cm³/mol. The van der Waals surface area contributed by atoms with E-state index in [9.17, 15) is 0 Å². The maximum absolute atomic E-state index is 8.87. The van der Waals surface area contributed by atoms with Crippen LogP contribution in [0.3, 0.4) is 0 Å². The van der Waals surface area contributed by atoms with Gasteiger partial charge >= 0.3 is 0 Å². The molecule has 0 aromatic heterocycles. The fraction of sp³-hybridized carbons (Fsp3) is 0.167. The maximum atomic E-state index is 8.87. The number of benzene rings is 2. The fourth-order valence-corrected chi connectivity index (χ4v) is 2.85. The lowest BCUT2D eigenvalue weighted by Crippen LogP contribution is -2.40. The van der Waals surface area contributed by atoms with Gasteiger partial charge in [-0.05, 0) is 60.8 Å². The standard InChI is InChI=1S/C18H16BClN6/c1-10-7-13(19)8-11(2)15(10)23-18-25-16(20)24-17(26-18)22-14-5-3-12(9-21)4-6-14/h3-8,18,23H,1-2H3,(H2,22,24,25,26). The van der Waals surface area contributed by atoms with Gasteiger partial charge in [-0.3, -0.25) is 0 Å². The SMILES string of the molecule is [B]c1cc(C)c(NC2N=C(Cl)NC(Nc3ccc(C#N)cc3)=N2)c(C)c1. The summed E-state index contributed by atoms with van der Waals surface area (Å²) >= 11 is 6.11. The molecule has 128 valence electrons. The average molecular weight is 363 g/mol. The van der Waals surface area contributed by atoms with Gasteiger partial charge in [0, 0.05) is 11.4 Å². The van der Waals surface area contributed by atoms with E-state index in [1.54, 1.807) is 24.3 Å². The Morgan fingerprint density at radius 1 is 1.15 bits per heavy atom. The molecule has 2 radical (unpaired) electrons. The quantitative estimate of drug-likeness (QED) is 0.578. The minimum Gasteiger partial charge on any atom is -0.345 e. The van der Waals surface area contributed by atoms with Crippen molar-refractivity contribution in [1.82, 2.24) is 5.32 Å². The van der Waals surface area contributed by atoms with Crippen LogP contribution in [0.25, 0.3) is 0 Å². The number of hydrogen-bond acceptors (Lipinski definition) is 6. The van der Waals surface area contributed by atoms with Crippen molar-refractivity contribution in [3.05, 3.63) is 53.1 Å². The Hall–Kier alpha value is -2.98. The number of anilines is 2. The van der Waals surface area contributed by atoms with E-state index < -0.39 is 6.29 Å². The van der Waals surface area contributed by atoms with Gasteiger partial charge < -0.3 is 16.0 Å². The molecule has 1 heterocycles. The molecule has 0 bridgehead atoms. The molecule has 0 saturated carbocycles. The van der Waals surface area contributed by atoms with Crippen LogP contribution < -0.4 is 21.4 Å². The van der Waals surface area contributed by atoms with E-state index in [1.807, 2.05) is 26.0 Å². The third-order valence-corrected chi connectivity index (χ3v) is 4.01. The zero-order valence-electron chi connectivity index (χ0n) is 14.3. The van der Waals surface area contributed by atoms with Gasteiger partial charge in [-0.1, -0.05) is 17.6 Å². The van der Waals surface area contributed by atoms with Crippen LogP contribution in [0.2, 0.25) is 0 Å². The number of hydrogen-bond donors (Lipinski definition) is 3. The highest BCUT2D eigenvalue weighted by Gasteiger charge is 2.17. The Balaban J connectivity index is 1.79. The molecule has 0 aliphatic carbocycles. The van der Waals surface area contributed by atoms with Crippen molar-refractivity contribution in [2.75, 3.05) is 10.6 Å². The zero-order chi connectivity index (χ0) is 18.7. The summed E-state index contributed by atoms with van der Waals surface area (Å²) < 4.78 is 0. The van der Waals surface area contributed by atoms with Crippen molar-refractivity contribution in [3.63, 3.8) is 0 Å². The summed E-state index contributed by atoms with van der Waals surface area (Å²) in [5.74, 6) is 0.456. The Bertz CT molecular complexity index is 907. The number of nitrogens with zero attached hydrogens (tertiary/aromatic N) is 3. The molecule has 1 unspecified atom stereocenters. The summed E-state index contributed by atoms with van der Waals surface area (Å²) in [5, 5.41) is 18.4. The molecule has 3 N–H and O–H groups in total. The summed E-state index contributed by atoms with van der Waals surface area (Å²) in [6.45, 7) is 3.94. The topological polar surface area (TPSA) is 84.6 Å². The molecule has 2 aromatic carbocycles. The minimum absolute atomic E-state index is 0.222. The molecule has 8 heteroatoms. The number of rotatable bonds is 3. The first kappa shape index (κ1) is 17.8. The summed E-state index contributed by atoms with van der Waals surface area (Å²) in [4.78, 5) is 8.74. The Morgan fingerprint density at radius 3 is 2.42 bits per heavy atom. The smallest absolute Gasteiger partial charge is 0.220 e. The first-order valence-corrected chi connectivity index (χ1v) is 8.31. The molecule has 26 heavy (non-hydrogen) atoms. The molecule has 3 rings (SSSR count). The van der Waals surface area contributed by atoms with Crippen molar-refractivity contribution in [1.29, 1.82) is 5.26 Å². The number of aliphatic imine (C=N–C) groups is 2. The number of nitrogens with one attached hydrogen (secondary N) is 3. The molecular formula is C18H16BClN6. The van der Waals surface area contributed by atoms with E-state index >= 15 is 0 Å². The third kappa shape index (κ3) is 4.16. The van der Waals surface area contributed by atoms with E-state index in [0.29, 0.717) is 17.0 Å². The highest BCUT2D eigenvalue weighted by atomic mass is 35.5. The first-order chi connectivity index (χ1) is 12.4. The van der Waals surface area contributed by atoms with Crippen LogP contribution in [-0.4, -0.2) is 25.4 Å². The normalized spacial score (nSPS) is 16.0. The summed E-state index contributed by atoms with van der Waals surface area (Å²) in [6, 6.07) is 12.9. The third-order valence-electron chi connectivity index (χ3n) is 3.81. The average Bonchev–Trinajstić information content (AvgIpc) is 2.58. The molecule has 0 amide bonds. The van der Waals surface area contributed by atoms with Gasteiger partial charge in [-0.25, -0.2) is 9.98 Å². The maximum Gasteiger partial charge on any atom is 0.220 e. The second-order valence-electron chi connectivity index (χ2n) is 5.88. The van der Waals surface area contributed by atoms with Gasteiger partial charge in [0.25, 0.3) is 0 Å². The van der Waals surface area contributed by atoms with Crippen LogP contribution in [-0.2, 0) is 0 Å². The van der Waals surface area contributed by atoms with Gasteiger partial charge in [0.05, 0.1) is 11.6 Å². The van der Waals surface area contributed by atoms with Gasteiger partial charge in [-0.15, -0.1) is 0 Å². The van der Waals surface area contributed by atoms with Crippen molar-refractivity contribution >= 4 is 47.5 Å². The summed E-state index contributed by atoms with van der Waals surface area (Å²) in [7, 11) is 5.87. The largest absolute Gasteiger partial charge is 0.345 e. The molecule has 0 saturated heterocycles. The first-order valence-electron chi connectivity index (χ1n) is 7.93.